The van der Waals surface area contributed by atoms with Crippen molar-refractivity contribution >= 4 is 40.1 Å². The maximum absolute atomic E-state index is 12.3. The molecular weight excluding hydrogens is 388 g/mol. The summed E-state index contributed by atoms with van der Waals surface area (Å²) in [6.07, 6.45) is 3.14. The van der Waals surface area contributed by atoms with E-state index < -0.39 is 5.97 Å². The third-order valence-corrected chi connectivity index (χ3v) is 4.91. The summed E-state index contributed by atoms with van der Waals surface area (Å²) in [5.74, 6) is 0.298. The molecule has 10 heteroatoms. The maximum atomic E-state index is 12.3. The zero-order valence-electron chi connectivity index (χ0n) is 16.9. The molecule has 30 heavy (non-hydrogen) atoms. The van der Waals surface area contributed by atoms with Crippen LogP contribution in [0.4, 0.5) is 17.2 Å². The van der Waals surface area contributed by atoms with Crippen LogP contribution in [0.25, 0.3) is 11.0 Å². The summed E-state index contributed by atoms with van der Waals surface area (Å²) in [5.41, 5.74) is 2.70. The van der Waals surface area contributed by atoms with Crippen molar-refractivity contribution in [2.45, 2.75) is 26.3 Å². The van der Waals surface area contributed by atoms with E-state index in [-0.39, 0.29) is 17.4 Å². The molecule has 1 fully saturated rings. The third kappa shape index (κ3) is 3.63. The van der Waals surface area contributed by atoms with Crippen molar-refractivity contribution in [1.82, 2.24) is 20.0 Å². The monoisotopic (exact) mass is 410 g/mol. The van der Waals surface area contributed by atoms with E-state index in [1.54, 1.807) is 23.9 Å². The molecule has 2 aromatic heterocycles. The number of hydrogen-bond acceptors (Lipinski definition) is 8. The molecule has 4 rings (SSSR count). The Balaban J connectivity index is 1.75. The lowest BCUT2D eigenvalue weighted by molar-refractivity contribution is -0.117. The molecule has 0 radical (unpaired) electrons. The Kier molecular flexibility index (Phi) is 5.21. The number of benzene rings is 1. The van der Waals surface area contributed by atoms with Crippen molar-refractivity contribution < 1.29 is 19.1 Å². The summed E-state index contributed by atoms with van der Waals surface area (Å²) >= 11 is 0. The van der Waals surface area contributed by atoms with E-state index in [0.717, 1.165) is 18.4 Å². The maximum Gasteiger partial charge on any atom is 0.341 e. The highest BCUT2D eigenvalue weighted by molar-refractivity contribution is 5.99. The van der Waals surface area contributed by atoms with Gasteiger partial charge in [0, 0.05) is 24.7 Å². The smallest absolute Gasteiger partial charge is 0.341 e. The van der Waals surface area contributed by atoms with Crippen molar-refractivity contribution in [3.63, 3.8) is 0 Å². The highest BCUT2D eigenvalue weighted by Crippen LogP contribution is 2.36. The summed E-state index contributed by atoms with van der Waals surface area (Å²) in [6, 6.07) is 5.21. The molecule has 0 saturated heterocycles. The van der Waals surface area contributed by atoms with Gasteiger partial charge in [-0.15, -0.1) is 5.10 Å². The molecule has 156 valence electrons. The summed E-state index contributed by atoms with van der Waals surface area (Å²) in [7, 11) is 2.86. The van der Waals surface area contributed by atoms with Crippen LogP contribution in [-0.4, -0.2) is 46.1 Å². The summed E-state index contributed by atoms with van der Waals surface area (Å²) in [4.78, 5) is 28.5. The fourth-order valence-corrected chi connectivity index (χ4v) is 3.18. The standard InChI is InChI=1S/C20H22N6O4/c1-4-26-17-13(24-25-26)7-8-14(18(17)29-2)22-15-9-16(23-19(27)11-5-6-11)21-10-12(15)20(28)30-3/h7-11H,4-6H2,1-3H3,(H2,21,22,23,27). The Hall–Kier alpha value is -3.69. The number of ether oxygens (including phenoxy) is 2. The molecule has 0 atom stereocenters. The van der Waals surface area contributed by atoms with E-state index in [1.165, 1.54) is 13.3 Å². The van der Waals surface area contributed by atoms with Gasteiger partial charge in [0.1, 0.15) is 22.4 Å². The first kappa shape index (κ1) is 19.6. The minimum Gasteiger partial charge on any atom is -0.492 e. The van der Waals surface area contributed by atoms with Crippen LogP contribution in [0.2, 0.25) is 0 Å². The zero-order valence-corrected chi connectivity index (χ0v) is 16.9. The van der Waals surface area contributed by atoms with Crippen LogP contribution < -0.4 is 15.4 Å². The Morgan fingerprint density at radius 2 is 2.03 bits per heavy atom. The van der Waals surface area contributed by atoms with Crippen molar-refractivity contribution in [2.75, 3.05) is 24.9 Å². The number of carbonyl (C=O) groups excluding carboxylic acids is 2. The molecule has 2 N–H and O–H groups in total. The average molecular weight is 410 g/mol. The van der Waals surface area contributed by atoms with E-state index >= 15 is 0 Å². The number of nitrogens with one attached hydrogen (secondary N) is 2. The molecule has 1 aromatic carbocycles. The number of amides is 1. The summed E-state index contributed by atoms with van der Waals surface area (Å²) in [5, 5.41) is 14.3. The minimum absolute atomic E-state index is 0.0350. The van der Waals surface area contributed by atoms with Gasteiger partial charge >= 0.3 is 5.97 Å². The molecular formula is C20H22N6O4. The third-order valence-electron chi connectivity index (χ3n) is 4.91. The lowest BCUT2D eigenvalue weighted by atomic mass is 10.2. The summed E-state index contributed by atoms with van der Waals surface area (Å²) < 4.78 is 12.2. The van der Waals surface area contributed by atoms with Gasteiger partial charge < -0.3 is 20.1 Å². The fraction of sp³-hybridized carbons (Fsp3) is 0.350. The van der Waals surface area contributed by atoms with Crippen LogP contribution in [0.15, 0.2) is 24.4 Å². The molecule has 0 aliphatic heterocycles. The molecule has 0 bridgehead atoms. The predicted octanol–water partition coefficient (Wildman–Crippen LogP) is 2.73. The Morgan fingerprint density at radius 1 is 1.23 bits per heavy atom. The van der Waals surface area contributed by atoms with E-state index in [1.807, 2.05) is 13.0 Å². The van der Waals surface area contributed by atoms with E-state index in [4.69, 9.17) is 9.47 Å². The molecule has 3 aromatic rings. The van der Waals surface area contributed by atoms with E-state index in [2.05, 4.69) is 25.9 Å². The largest absolute Gasteiger partial charge is 0.492 e. The fourth-order valence-electron chi connectivity index (χ4n) is 3.18. The van der Waals surface area contributed by atoms with Crippen LogP contribution >= 0.6 is 0 Å². The van der Waals surface area contributed by atoms with Crippen molar-refractivity contribution in [3.8, 4) is 5.75 Å². The van der Waals surface area contributed by atoms with Gasteiger partial charge in [0.2, 0.25) is 5.91 Å². The van der Waals surface area contributed by atoms with Crippen LogP contribution in [0.3, 0.4) is 0 Å². The number of hydrogen-bond donors (Lipinski definition) is 2. The second-order valence-electron chi connectivity index (χ2n) is 6.91. The molecule has 1 saturated carbocycles. The van der Waals surface area contributed by atoms with Crippen LogP contribution in [0, 0.1) is 5.92 Å². The van der Waals surface area contributed by atoms with Crippen LogP contribution in [-0.2, 0) is 16.1 Å². The first-order chi connectivity index (χ1) is 14.5. The molecule has 1 amide bonds. The molecule has 2 heterocycles. The average Bonchev–Trinajstić information content (AvgIpc) is 3.53. The van der Waals surface area contributed by atoms with E-state index in [0.29, 0.717) is 35.0 Å². The van der Waals surface area contributed by atoms with Crippen molar-refractivity contribution in [3.05, 3.63) is 30.0 Å². The number of rotatable bonds is 7. The van der Waals surface area contributed by atoms with Gasteiger partial charge in [-0.05, 0) is 31.9 Å². The Labute approximate surface area is 172 Å². The van der Waals surface area contributed by atoms with Gasteiger partial charge in [0.25, 0.3) is 0 Å². The lowest BCUT2D eigenvalue weighted by Crippen LogP contribution is -2.15. The van der Waals surface area contributed by atoms with Gasteiger partial charge in [-0.3, -0.25) is 4.79 Å². The number of aromatic nitrogens is 4. The second-order valence-corrected chi connectivity index (χ2v) is 6.91. The molecule has 0 spiro atoms. The second kappa shape index (κ2) is 7.97. The SMILES string of the molecule is CCn1nnc2ccc(Nc3cc(NC(=O)C4CC4)ncc3C(=O)OC)c(OC)c21. The number of esters is 1. The number of fused-ring (bicyclic) bond motifs is 1. The molecule has 10 nitrogen and oxygen atoms in total. The minimum atomic E-state index is -0.551. The first-order valence-corrected chi connectivity index (χ1v) is 9.62. The number of pyridine rings is 1. The van der Waals surface area contributed by atoms with Crippen molar-refractivity contribution in [2.24, 2.45) is 5.92 Å². The molecule has 1 aliphatic carbocycles. The van der Waals surface area contributed by atoms with Crippen LogP contribution in [0.1, 0.15) is 30.1 Å². The van der Waals surface area contributed by atoms with Gasteiger partial charge in [0.05, 0.1) is 25.6 Å². The number of carbonyl (C=O) groups is 2. The summed E-state index contributed by atoms with van der Waals surface area (Å²) in [6.45, 7) is 2.58. The first-order valence-electron chi connectivity index (χ1n) is 9.62. The Morgan fingerprint density at radius 3 is 2.70 bits per heavy atom. The van der Waals surface area contributed by atoms with Gasteiger partial charge in [-0.25, -0.2) is 14.5 Å². The number of nitrogens with zero attached hydrogens (tertiary/aromatic N) is 4. The molecule has 0 unspecified atom stereocenters. The van der Waals surface area contributed by atoms with Crippen molar-refractivity contribution in [1.29, 1.82) is 0 Å². The quantitative estimate of drug-likeness (QED) is 0.571. The lowest BCUT2D eigenvalue weighted by Gasteiger charge is -2.16. The normalized spacial score (nSPS) is 13.2. The highest BCUT2D eigenvalue weighted by Gasteiger charge is 2.30. The zero-order chi connectivity index (χ0) is 21.3. The Bertz CT molecular complexity index is 1120. The number of anilines is 3. The van der Waals surface area contributed by atoms with E-state index in [9.17, 15) is 9.59 Å². The van der Waals surface area contributed by atoms with Gasteiger partial charge in [0.15, 0.2) is 5.75 Å². The topological polar surface area (TPSA) is 120 Å². The predicted molar refractivity (Wildman–Crippen MR) is 110 cm³/mol. The molecule has 1 aliphatic rings. The number of methoxy groups -OCH3 is 2. The number of aryl methyl sites for hydroxylation is 1. The van der Waals surface area contributed by atoms with Gasteiger partial charge in [-0.2, -0.15) is 0 Å². The van der Waals surface area contributed by atoms with Crippen LogP contribution in [0.5, 0.6) is 5.75 Å². The van der Waals surface area contributed by atoms with Gasteiger partial charge in [-0.1, -0.05) is 5.21 Å². The highest BCUT2D eigenvalue weighted by atomic mass is 16.5.